The third-order valence-corrected chi connectivity index (χ3v) is 3.62. The number of nitrogens with zero attached hydrogens (tertiary/aromatic N) is 1. The van der Waals surface area contributed by atoms with Crippen LogP contribution in [0.4, 0.5) is 4.79 Å². The summed E-state index contributed by atoms with van der Waals surface area (Å²) >= 11 is 0. The molecule has 0 aromatic carbocycles. The number of carbonyl (C=O) groups is 2. The van der Waals surface area contributed by atoms with Gasteiger partial charge in [0.05, 0.1) is 13.5 Å². The molecule has 126 valence electrons. The Labute approximate surface area is 132 Å². The molecule has 6 nitrogen and oxygen atoms in total. The second kappa shape index (κ2) is 8.17. The Morgan fingerprint density at radius 3 is 2.50 bits per heavy atom. The second-order valence-corrected chi connectivity index (χ2v) is 6.53. The van der Waals surface area contributed by atoms with Gasteiger partial charge in [-0.05, 0) is 33.6 Å². The third-order valence-electron chi connectivity index (χ3n) is 3.62. The van der Waals surface area contributed by atoms with E-state index in [4.69, 9.17) is 9.47 Å². The topological polar surface area (TPSA) is 67.9 Å². The van der Waals surface area contributed by atoms with Crippen molar-refractivity contribution in [1.82, 2.24) is 10.2 Å². The molecular weight excluding hydrogens is 284 g/mol. The Morgan fingerprint density at radius 2 is 1.95 bits per heavy atom. The Morgan fingerprint density at radius 1 is 1.32 bits per heavy atom. The van der Waals surface area contributed by atoms with Gasteiger partial charge in [0.25, 0.3) is 0 Å². The molecular formula is C16H28N2O4. The van der Waals surface area contributed by atoms with Crippen LogP contribution in [0, 0.1) is 0 Å². The number of nitrogens with one attached hydrogen (secondary N) is 1. The van der Waals surface area contributed by atoms with Crippen LogP contribution in [0.3, 0.4) is 0 Å². The summed E-state index contributed by atoms with van der Waals surface area (Å²) < 4.78 is 9.98. The lowest BCUT2D eigenvalue weighted by Gasteiger charge is -2.29. The van der Waals surface area contributed by atoms with Gasteiger partial charge >= 0.3 is 12.1 Å². The zero-order chi connectivity index (χ0) is 16.8. The van der Waals surface area contributed by atoms with Gasteiger partial charge in [-0.25, -0.2) is 4.79 Å². The SMILES string of the molecule is C=CCN1[C@@H](CC(=O)OC)CC[C@H]1CNC(=O)OC(C)(C)C. The summed E-state index contributed by atoms with van der Waals surface area (Å²) in [6.45, 7) is 10.4. The molecule has 2 atom stereocenters. The van der Waals surface area contributed by atoms with E-state index in [-0.39, 0.29) is 18.1 Å². The molecule has 1 amide bonds. The number of ether oxygens (including phenoxy) is 2. The maximum Gasteiger partial charge on any atom is 0.407 e. The van der Waals surface area contributed by atoms with Crippen molar-refractivity contribution in [2.24, 2.45) is 0 Å². The molecule has 0 unspecified atom stereocenters. The molecule has 0 aliphatic carbocycles. The highest BCUT2D eigenvalue weighted by Crippen LogP contribution is 2.26. The number of likely N-dealkylation sites (tertiary alicyclic amines) is 1. The highest BCUT2D eigenvalue weighted by Gasteiger charge is 2.34. The smallest absolute Gasteiger partial charge is 0.407 e. The van der Waals surface area contributed by atoms with Gasteiger partial charge in [0.1, 0.15) is 5.60 Å². The van der Waals surface area contributed by atoms with Gasteiger partial charge in [-0.3, -0.25) is 9.69 Å². The van der Waals surface area contributed by atoms with Gasteiger partial charge in [0, 0.05) is 25.2 Å². The van der Waals surface area contributed by atoms with Gasteiger partial charge in [-0.15, -0.1) is 6.58 Å². The highest BCUT2D eigenvalue weighted by atomic mass is 16.6. The lowest BCUT2D eigenvalue weighted by molar-refractivity contribution is -0.141. The summed E-state index contributed by atoms with van der Waals surface area (Å²) in [5.41, 5.74) is -0.506. The van der Waals surface area contributed by atoms with E-state index in [2.05, 4.69) is 16.8 Å². The first-order valence-corrected chi connectivity index (χ1v) is 7.67. The molecule has 1 aliphatic rings. The standard InChI is InChI=1S/C16H28N2O4/c1-6-9-18-12(10-14(19)21-5)7-8-13(18)11-17-15(20)22-16(2,3)4/h6,12-13H,1,7-11H2,2-5H3,(H,17,20)/t12-,13+/m1/s1. The minimum atomic E-state index is -0.506. The molecule has 1 saturated heterocycles. The highest BCUT2D eigenvalue weighted by molar-refractivity contribution is 5.70. The van der Waals surface area contributed by atoms with E-state index in [1.165, 1.54) is 7.11 Å². The molecule has 1 fully saturated rings. The largest absolute Gasteiger partial charge is 0.469 e. The van der Waals surface area contributed by atoms with Crippen molar-refractivity contribution in [3.63, 3.8) is 0 Å². The van der Waals surface area contributed by atoms with Crippen LogP contribution >= 0.6 is 0 Å². The second-order valence-electron chi connectivity index (χ2n) is 6.53. The van der Waals surface area contributed by atoms with Gasteiger partial charge < -0.3 is 14.8 Å². The van der Waals surface area contributed by atoms with Crippen LogP contribution in [-0.4, -0.2) is 54.8 Å². The van der Waals surface area contributed by atoms with E-state index in [1.54, 1.807) is 0 Å². The molecule has 0 spiro atoms. The average molecular weight is 312 g/mol. The number of methoxy groups -OCH3 is 1. The predicted octanol–water partition coefficient (Wildman–Crippen LogP) is 2.09. The first-order chi connectivity index (χ1) is 10.3. The molecule has 0 bridgehead atoms. The Bertz CT molecular complexity index is 403. The Kier molecular flexibility index (Phi) is 6.87. The molecule has 0 aromatic heterocycles. The first-order valence-electron chi connectivity index (χ1n) is 7.67. The van der Waals surface area contributed by atoms with E-state index >= 15 is 0 Å². The van der Waals surface area contributed by atoms with Crippen molar-refractivity contribution in [3.05, 3.63) is 12.7 Å². The summed E-state index contributed by atoms with van der Waals surface area (Å²) in [7, 11) is 1.40. The lowest BCUT2D eigenvalue weighted by atomic mass is 10.1. The normalized spacial score (nSPS) is 22.2. The first kappa shape index (κ1) is 18.5. The number of carbonyl (C=O) groups excluding carboxylic acids is 2. The van der Waals surface area contributed by atoms with Crippen molar-refractivity contribution in [2.75, 3.05) is 20.2 Å². The fraction of sp³-hybridized carbons (Fsp3) is 0.750. The van der Waals surface area contributed by atoms with Gasteiger partial charge in [0.2, 0.25) is 0 Å². The molecule has 0 saturated carbocycles. The average Bonchev–Trinajstić information content (AvgIpc) is 2.77. The van der Waals surface area contributed by atoms with Gasteiger partial charge in [-0.2, -0.15) is 0 Å². The van der Waals surface area contributed by atoms with Crippen LogP contribution < -0.4 is 5.32 Å². The maximum absolute atomic E-state index is 11.7. The lowest BCUT2D eigenvalue weighted by Crippen LogP contribution is -2.45. The monoisotopic (exact) mass is 312 g/mol. The molecule has 0 radical (unpaired) electrons. The fourth-order valence-corrected chi connectivity index (χ4v) is 2.69. The van der Waals surface area contributed by atoms with Gasteiger partial charge in [-0.1, -0.05) is 6.08 Å². The summed E-state index contributed by atoms with van der Waals surface area (Å²) in [6, 6.07) is 0.316. The van der Waals surface area contributed by atoms with Crippen LogP contribution in [0.25, 0.3) is 0 Å². The molecule has 1 rings (SSSR count). The predicted molar refractivity (Wildman–Crippen MR) is 84.6 cm³/mol. The number of hydrogen-bond acceptors (Lipinski definition) is 5. The number of hydrogen-bond donors (Lipinski definition) is 1. The molecule has 22 heavy (non-hydrogen) atoms. The van der Waals surface area contributed by atoms with Crippen LogP contribution in [0.5, 0.6) is 0 Å². The third kappa shape index (κ3) is 6.05. The summed E-state index contributed by atoms with van der Waals surface area (Å²) in [5, 5.41) is 2.80. The molecule has 0 aromatic rings. The van der Waals surface area contributed by atoms with Crippen LogP contribution in [0.1, 0.15) is 40.0 Å². The quantitative estimate of drug-likeness (QED) is 0.601. The van der Waals surface area contributed by atoms with E-state index in [9.17, 15) is 9.59 Å². The van der Waals surface area contributed by atoms with E-state index in [0.29, 0.717) is 19.5 Å². The number of alkyl carbamates (subject to hydrolysis) is 1. The van der Waals surface area contributed by atoms with Crippen LogP contribution in [-0.2, 0) is 14.3 Å². The van der Waals surface area contributed by atoms with Crippen LogP contribution in [0.15, 0.2) is 12.7 Å². The van der Waals surface area contributed by atoms with Crippen molar-refractivity contribution >= 4 is 12.1 Å². The summed E-state index contributed by atoms with van der Waals surface area (Å²) in [6.07, 6.45) is 3.60. The number of rotatable bonds is 6. The van der Waals surface area contributed by atoms with E-state index in [1.807, 2.05) is 26.8 Å². The molecule has 1 aliphatic heterocycles. The minimum absolute atomic E-state index is 0.135. The summed E-state index contributed by atoms with van der Waals surface area (Å²) in [4.78, 5) is 25.4. The van der Waals surface area contributed by atoms with Crippen molar-refractivity contribution in [1.29, 1.82) is 0 Å². The molecule has 1 N–H and O–H groups in total. The van der Waals surface area contributed by atoms with Crippen LogP contribution in [0.2, 0.25) is 0 Å². The van der Waals surface area contributed by atoms with Crippen molar-refractivity contribution in [3.8, 4) is 0 Å². The Balaban J connectivity index is 2.53. The number of amides is 1. The Hall–Kier alpha value is -1.56. The van der Waals surface area contributed by atoms with E-state index in [0.717, 1.165) is 12.8 Å². The molecule has 1 heterocycles. The zero-order valence-electron chi connectivity index (χ0n) is 14.1. The van der Waals surface area contributed by atoms with E-state index < -0.39 is 11.7 Å². The maximum atomic E-state index is 11.7. The minimum Gasteiger partial charge on any atom is -0.469 e. The van der Waals surface area contributed by atoms with Crippen molar-refractivity contribution < 1.29 is 19.1 Å². The number of esters is 1. The summed E-state index contributed by atoms with van der Waals surface area (Å²) in [5.74, 6) is -0.209. The zero-order valence-corrected chi connectivity index (χ0v) is 14.1. The fourth-order valence-electron chi connectivity index (χ4n) is 2.69. The molecule has 6 heteroatoms. The van der Waals surface area contributed by atoms with Gasteiger partial charge in [0.15, 0.2) is 0 Å². The van der Waals surface area contributed by atoms with Crippen molar-refractivity contribution in [2.45, 2.75) is 57.7 Å².